The second-order valence-corrected chi connectivity index (χ2v) is 5.81. The number of hydrogen-bond donors (Lipinski definition) is 1. The van der Waals surface area contributed by atoms with Crippen LogP contribution in [0.25, 0.3) is 0 Å². The van der Waals surface area contributed by atoms with Crippen LogP contribution in [0.3, 0.4) is 0 Å². The zero-order valence-electron chi connectivity index (χ0n) is 11.1. The molecule has 0 aliphatic heterocycles. The van der Waals surface area contributed by atoms with Gasteiger partial charge in [0.15, 0.2) is 0 Å². The third-order valence-corrected chi connectivity index (χ3v) is 4.24. The Labute approximate surface area is 115 Å². The Morgan fingerprint density at radius 2 is 2.00 bits per heavy atom. The number of methoxy groups -OCH3 is 1. The Morgan fingerprint density at radius 3 is 2.68 bits per heavy atom. The maximum absolute atomic E-state index is 12.4. The summed E-state index contributed by atoms with van der Waals surface area (Å²) in [6.45, 7) is 2.02. The minimum absolute atomic E-state index is 0.474. The molecule has 1 atom stereocenters. The number of aryl methyl sites for hydroxylation is 1. The molecule has 0 aromatic heterocycles. The molecule has 2 aromatic rings. The second kappa shape index (κ2) is 5.89. The van der Waals surface area contributed by atoms with Crippen LogP contribution in [0.15, 0.2) is 47.4 Å². The highest BCUT2D eigenvalue weighted by molar-refractivity contribution is 7.84. The predicted octanol–water partition coefficient (Wildman–Crippen LogP) is 2.89. The van der Waals surface area contributed by atoms with E-state index < -0.39 is 10.8 Å². The molecule has 0 aliphatic carbocycles. The summed E-state index contributed by atoms with van der Waals surface area (Å²) in [5.74, 6) is 1.05. The average molecular weight is 275 g/mol. The molecule has 2 rings (SSSR count). The van der Waals surface area contributed by atoms with E-state index in [1.54, 1.807) is 25.3 Å². The number of benzene rings is 2. The van der Waals surface area contributed by atoms with Crippen LogP contribution in [0.1, 0.15) is 11.1 Å². The molecule has 0 heterocycles. The first-order chi connectivity index (χ1) is 9.10. The molecule has 2 N–H and O–H groups in total. The van der Waals surface area contributed by atoms with Gasteiger partial charge in [0.1, 0.15) is 5.75 Å². The van der Waals surface area contributed by atoms with Crippen molar-refractivity contribution in [1.29, 1.82) is 0 Å². The maximum Gasteiger partial charge on any atom is 0.137 e. The topological polar surface area (TPSA) is 52.3 Å². The van der Waals surface area contributed by atoms with Gasteiger partial charge in [0.25, 0.3) is 0 Å². The van der Waals surface area contributed by atoms with Crippen LogP contribution in [-0.4, -0.2) is 11.3 Å². The van der Waals surface area contributed by atoms with E-state index in [9.17, 15) is 4.21 Å². The van der Waals surface area contributed by atoms with Crippen LogP contribution >= 0.6 is 0 Å². The van der Waals surface area contributed by atoms with Crippen molar-refractivity contribution in [3.63, 3.8) is 0 Å². The van der Waals surface area contributed by atoms with Gasteiger partial charge in [0.05, 0.1) is 28.6 Å². The Bertz CT molecular complexity index is 611. The second-order valence-electron chi connectivity index (χ2n) is 4.39. The fourth-order valence-corrected chi connectivity index (χ4v) is 3.13. The van der Waals surface area contributed by atoms with Crippen LogP contribution in [0.2, 0.25) is 0 Å². The summed E-state index contributed by atoms with van der Waals surface area (Å²) in [5.41, 5.74) is 8.52. The molecule has 0 saturated heterocycles. The SMILES string of the molecule is COc1cc(N)ccc1S(=O)Cc1cccc(C)c1. The van der Waals surface area contributed by atoms with Gasteiger partial charge >= 0.3 is 0 Å². The first-order valence-electron chi connectivity index (χ1n) is 5.97. The molecular weight excluding hydrogens is 258 g/mol. The van der Waals surface area contributed by atoms with E-state index in [4.69, 9.17) is 10.5 Å². The molecule has 0 fully saturated rings. The molecule has 0 saturated carbocycles. The fourth-order valence-electron chi connectivity index (χ4n) is 1.90. The third-order valence-electron chi connectivity index (χ3n) is 2.81. The predicted molar refractivity (Wildman–Crippen MR) is 78.7 cm³/mol. The van der Waals surface area contributed by atoms with Crippen molar-refractivity contribution < 1.29 is 8.95 Å². The number of ether oxygens (including phenoxy) is 1. The highest BCUT2D eigenvalue weighted by Crippen LogP contribution is 2.26. The minimum atomic E-state index is -1.14. The molecule has 0 bridgehead atoms. The lowest BCUT2D eigenvalue weighted by molar-refractivity contribution is 0.404. The highest BCUT2D eigenvalue weighted by atomic mass is 32.2. The lowest BCUT2D eigenvalue weighted by Crippen LogP contribution is -2.00. The largest absolute Gasteiger partial charge is 0.495 e. The average Bonchev–Trinajstić information content (AvgIpc) is 2.38. The Hall–Kier alpha value is -1.81. The zero-order valence-corrected chi connectivity index (χ0v) is 11.9. The molecule has 3 nitrogen and oxygen atoms in total. The summed E-state index contributed by atoms with van der Waals surface area (Å²) in [4.78, 5) is 0.679. The van der Waals surface area contributed by atoms with Crippen LogP contribution in [0.5, 0.6) is 5.75 Å². The smallest absolute Gasteiger partial charge is 0.137 e. The van der Waals surface area contributed by atoms with Crippen molar-refractivity contribution >= 4 is 16.5 Å². The minimum Gasteiger partial charge on any atom is -0.495 e. The van der Waals surface area contributed by atoms with Gasteiger partial charge in [-0.25, -0.2) is 0 Å². The zero-order chi connectivity index (χ0) is 13.8. The standard InChI is InChI=1S/C15H17NO2S/c1-11-4-3-5-12(8-11)10-19(17)15-7-6-13(16)9-14(15)18-2/h3-9H,10,16H2,1-2H3. The molecule has 2 aromatic carbocycles. The van der Waals surface area contributed by atoms with Crippen molar-refractivity contribution in [2.75, 3.05) is 12.8 Å². The lowest BCUT2D eigenvalue weighted by Gasteiger charge is -2.09. The number of rotatable bonds is 4. The molecular formula is C15H17NO2S. The molecule has 0 amide bonds. The van der Waals surface area contributed by atoms with E-state index in [0.29, 0.717) is 22.1 Å². The molecule has 19 heavy (non-hydrogen) atoms. The van der Waals surface area contributed by atoms with Crippen LogP contribution in [-0.2, 0) is 16.6 Å². The van der Waals surface area contributed by atoms with Crippen molar-refractivity contribution in [2.24, 2.45) is 0 Å². The normalized spacial score (nSPS) is 12.1. The van der Waals surface area contributed by atoms with Gasteiger partial charge in [-0.1, -0.05) is 29.8 Å². The number of nitrogen functional groups attached to an aromatic ring is 1. The first-order valence-corrected chi connectivity index (χ1v) is 7.29. The number of nitrogens with two attached hydrogens (primary N) is 1. The van der Waals surface area contributed by atoms with Gasteiger partial charge in [-0.05, 0) is 24.6 Å². The lowest BCUT2D eigenvalue weighted by atomic mass is 10.2. The molecule has 0 radical (unpaired) electrons. The fraction of sp³-hybridized carbons (Fsp3) is 0.200. The van der Waals surface area contributed by atoms with Crippen LogP contribution in [0.4, 0.5) is 5.69 Å². The third kappa shape index (κ3) is 3.35. The molecule has 0 aliphatic rings. The van der Waals surface area contributed by atoms with Gasteiger partial charge in [-0.2, -0.15) is 0 Å². The summed E-state index contributed by atoms with van der Waals surface area (Å²) in [6, 6.07) is 13.2. The number of hydrogen-bond acceptors (Lipinski definition) is 3. The van der Waals surface area contributed by atoms with Gasteiger partial charge < -0.3 is 10.5 Å². The Balaban J connectivity index is 2.25. The summed E-state index contributed by atoms with van der Waals surface area (Å²) in [7, 11) is 0.415. The molecule has 1 unspecified atom stereocenters. The van der Waals surface area contributed by atoms with Crippen molar-refractivity contribution in [1.82, 2.24) is 0 Å². The quantitative estimate of drug-likeness (QED) is 0.873. The van der Waals surface area contributed by atoms with Crippen molar-refractivity contribution in [2.45, 2.75) is 17.6 Å². The highest BCUT2D eigenvalue weighted by Gasteiger charge is 2.11. The van der Waals surface area contributed by atoms with E-state index in [-0.39, 0.29) is 0 Å². The Morgan fingerprint density at radius 1 is 1.21 bits per heavy atom. The summed E-state index contributed by atoms with van der Waals surface area (Å²) in [6.07, 6.45) is 0. The van der Waals surface area contributed by atoms with Gasteiger partial charge in [-0.15, -0.1) is 0 Å². The summed E-state index contributed by atoms with van der Waals surface area (Å²) >= 11 is 0. The van der Waals surface area contributed by atoms with Gasteiger partial charge in [-0.3, -0.25) is 4.21 Å². The van der Waals surface area contributed by atoms with Crippen molar-refractivity contribution in [3.8, 4) is 5.75 Å². The first kappa shape index (κ1) is 13.6. The molecule has 0 spiro atoms. The molecule has 4 heteroatoms. The van der Waals surface area contributed by atoms with Gasteiger partial charge in [0.2, 0.25) is 0 Å². The van der Waals surface area contributed by atoms with Crippen molar-refractivity contribution in [3.05, 3.63) is 53.6 Å². The summed E-state index contributed by atoms with van der Waals surface area (Å²) < 4.78 is 17.6. The van der Waals surface area contributed by atoms with Crippen LogP contribution in [0, 0.1) is 6.92 Å². The Kier molecular flexibility index (Phi) is 4.22. The van der Waals surface area contributed by atoms with E-state index in [1.807, 2.05) is 31.2 Å². The van der Waals surface area contributed by atoms with E-state index in [1.165, 1.54) is 5.56 Å². The maximum atomic E-state index is 12.4. The number of anilines is 1. The van der Waals surface area contributed by atoms with Crippen LogP contribution < -0.4 is 10.5 Å². The van der Waals surface area contributed by atoms with Gasteiger partial charge in [0, 0.05) is 11.8 Å². The van der Waals surface area contributed by atoms with E-state index in [0.717, 1.165) is 5.56 Å². The molecule has 100 valence electrons. The van der Waals surface area contributed by atoms with E-state index in [2.05, 4.69) is 0 Å². The monoisotopic (exact) mass is 275 g/mol. The van der Waals surface area contributed by atoms with E-state index >= 15 is 0 Å². The summed E-state index contributed by atoms with van der Waals surface area (Å²) in [5, 5.41) is 0.